The number of aliphatic imine (C=N–C) groups is 1. The van der Waals surface area contributed by atoms with Crippen molar-refractivity contribution in [3.63, 3.8) is 0 Å². The van der Waals surface area contributed by atoms with Crippen molar-refractivity contribution in [3.05, 3.63) is 79.6 Å². The van der Waals surface area contributed by atoms with Crippen LogP contribution < -0.4 is 11.3 Å². The van der Waals surface area contributed by atoms with Crippen LogP contribution in [0.25, 0.3) is 16.8 Å². The lowest BCUT2D eigenvalue weighted by Gasteiger charge is -2.01. The van der Waals surface area contributed by atoms with Gasteiger partial charge in [-0.25, -0.2) is 9.48 Å². The Balaban J connectivity index is 1.72. The lowest BCUT2D eigenvalue weighted by molar-refractivity contribution is 0.528. The SMILES string of the molecule is Cc1[nH]n(-c2cccc(Cl)c2)c(=O)c1C=Nc1ccc2c(c1)oc(=O)n2C. The summed E-state index contributed by atoms with van der Waals surface area (Å²) in [5.41, 5.74) is 3.22. The molecule has 2 aromatic carbocycles. The molecular weight excluding hydrogens is 368 g/mol. The van der Waals surface area contributed by atoms with E-state index >= 15 is 0 Å². The summed E-state index contributed by atoms with van der Waals surface area (Å²) in [5.74, 6) is -0.433. The number of H-pyrrole nitrogens is 1. The number of nitrogens with zero attached hydrogens (tertiary/aromatic N) is 3. The Morgan fingerprint density at radius 1 is 1.19 bits per heavy atom. The molecule has 0 amide bonds. The average molecular weight is 383 g/mol. The predicted molar refractivity (Wildman–Crippen MR) is 105 cm³/mol. The van der Waals surface area contributed by atoms with Crippen LogP contribution in [0.5, 0.6) is 0 Å². The highest BCUT2D eigenvalue weighted by molar-refractivity contribution is 6.30. The molecule has 0 radical (unpaired) electrons. The van der Waals surface area contributed by atoms with Gasteiger partial charge in [-0.1, -0.05) is 17.7 Å². The number of hydrogen-bond acceptors (Lipinski definition) is 4. The maximum absolute atomic E-state index is 12.7. The summed E-state index contributed by atoms with van der Waals surface area (Å²) in [5, 5.41) is 3.57. The second-order valence-corrected chi connectivity index (χ2v) is 6.54. The Hall–Kier alpha value is -3.32. The lowest BCUT2D eigenvalue weighted by atomic mass is 10.2. The first-order valence-electron chi connectivity index (χ1n) is 8.15. The molecule has 0 atom stereocenters. The molecule has 0 bridgehead atoms. The van der Waals surface area contributed by atoms with E-state index in [1.807, 2.05) is 0 Å². The maximum atomic E-state index is 12.7. The third-order valence-electron chi connectivity index (χ3n) is 4.30. The van der Waals surface area contributed by atoms with Gasteiger partial charge in [-0.2, -0.15) is 0 Å². The van der Waals surface area contributed by atoms with Crippen molar-refractivity contribution in [1.82, 2.24) is 14.3 Å². The van der Waals surface area contributed by atoms with E-state index in [0.29, 0.717) is 38.8 Å². The zero-order chi connectivity index (χ0) is 19.1. The highest BCUT2D eigenvalue weighted by Crippen LogP contribution is 2.20. The fourth-order valence-electron chi connectivity index (χ4n) is 2.85. The molecule has 2 heterocycles. The standard InChI is InChI=1S/C19H15ClN4O3/c1-11-15(18(25)24(22-11)14-5-3-4-12(20)8-14)10-21-13-6-7-16-17(9-13)27-19(26)23(16)2/h3-10,22H,1-2H3. The van der Waals surface area contributed by atoms with Gasteiger partial charge in [0.25, 0.3) is 5.56 Å². The average Bonchev–Trinajstić information content (AvgIpc) is 3.09. The van der Waals surface area contributed by atoms with E-state index < -0.39 is 5.76 Å². The van der Waals surface area contributed by atoms with E-state index in [0.717, 1.165) is 0 Å². The zero-order valence-electron chi connectivity index (χ0n) is 14.6. The van der Waals surface area contributed by atoms with E-state index in [9.17, 15) is 9.59 Å². The molecule has 0 aliphatic heterocycles. The Morgan fingerprint density at radius 2 is 2.00 bits per heavy atom. The summed E-state index contributed by atoms with van der Waals surface area (Å²) in [6.45, 7) is 1.79. The molecule has 4 rings (SSSR count). The molecule has 0 aliphatic rings. The Kier molecular flexibility index (Phi) is 4.08. The van der Waals surface area contributed by atoms with Crippen LogP contribution in [0.3, 0.4) is 0 Å². The third-order valence-corrected chi connectivity index (χ3v) is 4.54. The van der Waals surface area contributed by atoms with Gasteiger partial charge in [0.05, 0.1) is 22.5 Å². The summed E-state index contributed by atoms with van der Waals surface area (Å²) in [6.07, 6.45) is 1.50. The Labute approximate surface area is 158 Å². The monoisotopic (exact) mass is 382 g/mol. The van der Waals surface area contributed by atoms with Gasteiger partial charge < -0.3 is 4.42 Å². The maximum Gasteiger partial charge on any atom is 0.419 e. The van der Waals surface area contributed by atoms with Gasteiger partial charge in [-0.15, -0.1) is 0 Å². The fraction of sp³-hybridized carbons (Fsp3) is 0.105. The molecule has 0 spiro atoms. The number of benzene rings is 2. The van der Waals surface area contributed by atoms with Crippen LogP contribution in [0.4, 0.5) is 5.69 Å². The highest BCUT2D eigenvalue weighted by atomic mass is 35.5. The topological polar surface area (TPSA) is 85.3 Å². The highest BCUT2D eigenvalue weighted by Gasteiger charge is 2.11. The fourth-order valence-corrected chi connectivity index (χ4v) is 3.04. The van der Waals surface area contributed by atoms with Crippen LogP contribution in [-0.4, -0.2) is 20.6 Å². The number of nitrogens with one attached hydrogen (secondary N) is 1. The molecule has 27 heavy (non-hydrogen) atoms. The summed E-state index contributed by atoms with van der Waals surface area (Å²) >= 11 is 6.01. The first-order chi connectivity index (χ1) is 12.9. The summed E-state index contributed by atoms with van der Waals surface area (Å²) in [7, 11) is 1.64. The van der Waals surface area contributed by atoms with Gasteiger partial charge in [0.15, 0.2) is 5.58 Å². The minimum absolute atomic E-state index is 0.231. The van der Waals surface area contributed by atoms with Crippen molar-refractivity contribution in [2.75, 3.05) is 0 Å². The second kappa shape index (κ2) is 6.44. The zero-order valence-corrected chi connectivity index (χ0v) is 15.3. The molecule has 7 nitrogen and oxygen atoms in total. The molecule has 8 heteroatoms. The number of fused-ring (bicyclic) bond motifs is 1. The molecule has 2 aromatic heterocycles. The van der Waals surface area contributed by atoms with Gasteiger partial charge in [0.2, 0.25) is 0 Å². The Morgan fingerprint density at radius 3 is 2.78 bits per heavy atom. The Bertz CT molecular complexity index is 1310. The van der Waals surface area contributed by atoms with Crippen molar-refractivity contribution in [2.24, 2.45) is 12.0 Å². The smallest absolute Gasteiger partial charge is 0.408 e. The predicted octanol–water partition coefficient (Wildman–Crippen LogP) is 3.32. The molecule has 0 saturated heterocycles. The molecule has 0 fully saturated rings. The van der Waals surface area contributed by atoms with Crippen molar-refractivity contribution in [1.29, 1.82) is 0 Å². The normalized spacial score (nSPS) is 11.7. The second-order valence-electron chi connectivity index (χ2n) is 6.11. The molecule has 0 aliphatic carbocycles. The molecule has 0 unspecified atom stereocenters. The molecule has 1 N–H and O–H groups in total. The molecule has 4 aromatic rings. The van der Waals surface area contributed by atoms with Crippen LogP contribution in [-0.2, 0) is 7.05 Å². The van der Waals surface area contributed by atoms with Crippen LogP contribution in [0.15, 0.2) is 61.5 Å². The van der Waals surface area contributed by atoms with Gasteiger partial charge in [-0.3, -0.25) is 19.5 Å². The first-order valence-corrected chi connectivity index (χ1v) is 8.53. The van der Waals surface area contributed by atoms with E-state index in [2.05, 4.69) is 10.1 Å². The quantitative estimate of drug-likeness (QED) is 0.551. The summed E-state index contributed by atoms with van der Waals surface area (Å²) < 4.78 is 8.00. The summed E-state index contributed by atoms with van der Waals surface area (Å²) in [4.78, 5) is 28.7. The lowest BCUT2D eigenvalue weighted by Crippen LogP contribution is -2.17. The first kappa shape index (κ1) is 17.1. The van der Waals surface area contributed by atoms with E-state index in [1.165, 1.54) is 15.5 Å². The van der Waals surface area contributed by atoms with E-state index in [1.54, 1.807) is 56.4 Å². The van der Waals surface area contributed by atoms with Crippen LogP contribution >= 0.6 is 11.6 Å². The van der Waals surface area contributed by atoms with E-state index in [-0.39, 0.29) is 5.56 Å². The third kappa shape index (κ3) is 3.02. The molecular formula is C19H15ClN4O3. The summed E-state index contributed by atoms with van der Waals surface area (Å²) in [6, 6.07) is 12.2. The molecule has 0 saturated carbocycles. The number of oxazole rings is 1. The number of rotatable bonds is 3. The van der Waals surface area contributed by atoms with Gasteiger partial charge in [0, 0.05) is 30.0 Å². The minimum Gasteiger partial charge on any atom is -0.408 e. The van der Waals surface area contributed by atoms with Gasteiger partial charge >= 0.3 is 5.76 Å². The van der Waals surface area contributed by atoms with E-state index in [4.69, 9.17) is 16.0 Å². The largest absolute Gasteiger partial charge is 0.419 e. The van der Waals surface area contributed by atoms with Crippen LogP contribution in [0.2, 0.25) is 5.02 Å². The van der Waals surface area contributed by atoms with Gasteiger partial charge in [-0.05, 0) is 37.3 Å². The minimum atomic E-state index is -0.433. The molecule has 136 valence electrons. The van der Waals surface area contributed by atoms with Crippen molar-refractivity contribution in [2.45, 2.75) is 6.92 Å². The van der Waals surface area contributed by atoms with Crippen LogP contribution in [0.1, 0.15) is 11.3 Å². The van der Waals surface area contributed by atoms with Crippen molar-refractivity contribution >= 4 is 34.6 Å². The number of halogens is 1. The van der Waals surface area contributed by atoms with Crippen LogP contribution in [0, 0.1) is 6.92 Å². The number of aromatic amines is 1. The van der Waals surface area contributed by atoms with Crippen molar-refractivity contribution in [3.8, 4) is 5.69 Å². The van der Waals surface area contributed by atoms with Crippen molar-refractivity contribution < 1.29 is 4.42 Å². The number of aromatic nitrogens is 3. The number of hydrogen-bond donors (Lipinski definition) is 1. The van der Waals surface area contributed by atoms with Gasteiger partial charge in [0.1, 0.15) is 0 Å². The number of aryl methyl sites for hydroxylation is 2.